The van der Waals surface area contributed by atoms with Crippen molar-refractivity contribution in [1.29, 1.82) is 0 Å². The summed E-state index contributed by atoms with van der Waals surface area (Å²) in [7, 11) is 1.55. The molecule has 0 saturated carbocycles. The van der Waals surface area contributed by atoms with Gasteiger partial charge in [0.15, 0.2) is 0 Å². The summed E-state index contributed by atoms with van der Waals surface area (Å²) >= 11 is 12.0. The van der Waals surface area contributed by atoms with Gasteiger partial charge in [0.05, 0.1) is 11.7 Å². The van der Waals surface area contributed by atoms with Gasteiger partial charge in [0.1, 0.15) is 0 Å². The molecular formula is C15H14Cl2N2O3. The van der Waals surface area contributed by atoms with Crippen LogP contribution in [0.2, 0.25) is 10.0 Å². The zero-order valence-electron chi connectivity index (χ0n) is 11.7. The quantitative estimate of drug-likeness (QED) is 0.895. The third kappa shape index (κ3) is 3.68. The molecule has 0 radical (unpaired) electrons. The van der Waals surface area contributed by atoms with Gasteiger partial charge in [-0.15, -0.1) is 0 Å². The third-order valence-corrected chi connectivity index (χ3v) is 3.80. The molecule has 1 aromatic heterocycles. The van der Waals surface area contributed by atoms with Gasteiger partial charge in [-0.2, -0.15) is 0 Å². The van der Waals surface area contributed by atoms with Gasteiger partial charge >= 0.3 is 0 Å². The van der Waals surface area contributed by atoms with E-state index in [9.17, 15) is 14.7 Å². The Morgan fingerprint density at radius 3 is 2.50 bits per heavy atom. The number of aliphatic hydroxyl groups excluding tert-OH is 1. The summed E-state index contributed by atoms with van der Waals surface area (Å²) in [6.07, 6.45) is 0.393. The number of aryl methyl sites for hydroxylation is 1. The highest BCUT2D eigenvalue weighted by molar-refractivity contribution is 6.36. The Kier molecular flexibility index (Phi) is 5.24. The number of pyridine rings is 1. The first-order valence-corrected chi connectivity index (χ1v) is 7.22. The minimum Gasteiger partial charge on any atom is -0.386 e. The van der Waals surface area contributed by atoms with Crippen molar-refractivity contribution in [3.8, 4) is 0 Å². The lowest BCUT2D eigenvalue weighted by molar-refractivity contribution is 0.0915. The van der Waals surface area contributed by atoms with Crippen LogP contribution in [0.4, 0.5) is 0 Å². The maximum absolute atomic E-state index is 12.0. The standard InChI is InChI=1S/C15H14Cl2N2O3/c1-19-8-9(5-6-13(19)21)15(22)18-7-12(20)14-10(16)3-2-4-11(14)17/h2-6,8,12,20H,7H2,1H3,(H,18,22)/t12-/m0/s1. The van der Waals surface area contributed by atoms with Crippen LogP contribution < -0.4 is 10.9 Å². The average molecular weight is 341 g/mol. The van der Waals surface area contributed by atoms with Gasteiger partial charge in [-0.05, 0) is 18.2 Å². The smallest absolute Gasteiger partial charge is 0.252 e. The molecule has 0 saturated heterocycles. The van der Waals surface area contributed by atoms with Gasteiger partial charge in [0, 0.05) is 41.5 Å². The van der Waals surface area contributed by atoms with Crippen LogP contribution in [-0.2, 0) is 7.05 Å². The Morgan fingerprint density at radius 2 is 1.91 bits per heavy atom. The largest absolute Gasteiger partial charge is 0.386 e. The third-order valence-electron chi connectivity index (χ3n) is 3.14. The summed E-state index contributed by atoms with van der Waals surface area (Å²) < 4.78 is 1.30. The number of carbonyl (C=O) groups is 1. The SMILES string of the molecule is Cn1cc(C(=O)NC[C@H](O)c2c(Cl)cccc2Cl)ccc1=O. The molecule has 7 heteroatoms. The molecular weight excluding hydrogens is 327 g/mol. The second-order valence-corrected chi connectivity index (χ2v) is 5.54. The number of amides is 1. The molecule has 2 N–H and O–H groups in total. The van der Waals surface area contributed by atoms with Crippen LogP contribution in [0.5, 0.6) is 0 Å². The molecule has 0 unspecified atom stereocenters. The Balaban J connectivity index is 2.07. The fourth-order valence-electron chi connectivity index (χ4n) is 1.95. The number of hydrogen-bond acceptors (Lipinski definition) is 3. The normalized spacial score (nSPS) is 12.0. The van der Waals surface area contributed by atoms with Gasteiger partial charge in [-0.3, -0.25) is 9.59 Å². The van der Waals surface area contributed by atoms with E-state index in [1.165, 1.54) is 22.9 Å². The molecule has 0 aliphatic carbocycles. The minimum absolute atomic E-state index is 0.0505. The minimum atomic E-state index is -1.03. The number of halogens is 2. The van der Waals surface area contributed by atoms with Gasteiger partial charge in [-0.25, -0.2) is 0 Å². The Labute approximate surface area is 137 Å². The number of carbonyl (C=O) groups excluding carboxylic acids is 1. The fourth-order valence-corrected chi connectivity index (χ4v) is 2.60. The Bertz CT molecular complexity index is 738. The Hall–Kier alpha value is -1.82. The first-order valence-electron chi connectivity index (χ1n) is 6.47. The Morgan fingerprint density at radius 1 is 1.27 bits per heavy atom. The summed E-state index contributed by atoms with van der Waals surface area (Å²) in [5.74, 6) is -0.405. The van der Waals surface area contributed by atoms with E-state index in [0.717, 1.165) is 0 Å². The van der Waals surface area contributed by atoms with Crippen LogP contribution >= 0.6 is 23.2 Å². The summed E-state index contributed by atoms with van der Waals surface area (Å²) in [6.45, 7) is -0.0505. The second-order valence-electron chi connectivity index (χ2n) is 4.73. The van der Waals surface area contributed by atoms with E-state index in [1.54, 1.807) is 25.2 Å². The molecule has 0 bridgehead atoms. The van der Waals surface area contributed by atoms with Gasteiger partial charge < -0.3 is 15.0 Å². The molecule has 2 aromatic rings. The maximum atomic E-state index is 12.0. The molecule has 1 heterocycles. The van der Waals surface area contributed by atoms with Crippen molar-refractivity contribution in [3.63, 3.8) is 0 Å². The van der Waals surface area contributed by atoms with E-state index >= 15 is 0 Å². The first-order chi connectivity index (χ1) is 10.4. The highest BCUT2D eigenvalue weighted by atomic mass is 35.5. The number of nitrogens with one attached hydrogen (secondary N) is 1. The molecule has 2 rings (SSSR count). The number of benzene rings is 1. The topological polar surface area (TPSA) is 71.3 Å². The van der Waals surface area contributed by atoms with Crippen LogP contribution in [0.15, 0.2) is 41.3 Å². The molecule has 0 aliphatic rings. The van der Waals surface area contributed by atoms with Crippen LogP contribution in [0.3, 0.4) is 0 Å². The van der Waals surface area contributed by atoms with Gasteiger partial charge in [-0.1, -0.05) is 29.3 Å². The number of hydrogen-bond donors (Lipinski definition) is 2. The number of nitrogens with zero attached hydrogens (tertiary/aromatic N) is 1. The predicted molar refractivity (Wildman–Crippen MR) is 85.4 cm³/mol. The molecule has 1 aromatic carbocycles. The van der Waals surface area contributed by atoms with Crippen molar-refractivity contribution in [2.45, 2.75) is 6.10 Å². The highest BCUT2D eigenvalue weighted by Crippen LogP contribution is 2.29. The molecule has 116 valence electrons. The summed E-state index contributed by atoms with van der Waals surface area (Å²) in [5, 5.41) is 13.4. The van der Waals surface area contributed by atoms with Crippen molar-refractivity contribution < 1.29 is 9.90 Å². The van der Waals surface area contributed by atoms with Crippen molar-refractivity contribution in [1.82, 2.24) is 9.88 Å². The fraction of sp³-hybridized carbons (Fsp3) is 0.200. The van der Waals surface area contributed by atoms with Gasteiger partial charge in [0.2, 0.25) is 5.56 Å². The zero-order chi connectivity index (χ0) is 16.3. The zero-order valence-corrected chi connectivity index (χ0v) is 13.2. The van der Waals surface area contributed by atoms with Crippen LogP contribution in [-0.4, -0.2) is 22.1 Å². The van der Waals surface area contributed by atoms with E-state index in [-0.39, 0.29) is 12.1 Å². The lowest BCUT2D eigenvalue weighted by Crippen LogP contribution is -2.29. The highest BCUT2D eigenvalue weighted by Gasteiger charge is 2.16. The van der Waals surface area contributed by atoms with E-state index in [1.807, 2.05) is 0 Å². The van der Waals surface area contributed by atoms with Gasteiger partial charge in [0.25, 0.3) is 5.91 Å². The summed E-state index contributed by atoms with van der Waals surface area (Å²) in [4.78, 5) is 23.3. The maximum Gasteiger partial charge on any atom is 0.252 e. The summed E-state index contributed by atoms with van der Waals surface area (Å²) in [5.41, 5.74) is 0.477. The predicted octanol–water partition coefficient (Wildman–Crippen LogP) is 2.16. The lowest BCUT2D eigenvalue weighted by atomic mass is 10.1. The van der Waals surface area contributed by atoms with Crippen LogP contribution in [0.25, 0.3) is 0 Å². The molecule has 5 nitrogen and oxygen atoms in total. The van der Waals surface area contributed by atoms with Crippen LogP contribution in [0.1, 0.15) is 22.0 Å². The van der Waals surface area contributed by atoms with E-state index < -0.39 is 12.0 Å². The second kappa shape index (κ2) is 6.96. The van der Waals surface area contributed by atoms with Crippen molar-refractivity contribution in [2.75, 3.05) is 6.54 Å². The molecule has 0 spiro atoms. The van der Waals surface area contributed by atoms with Crippen molar-refractivity contribution in [3.05, 3.63) is 68.1 Å². The number of aliphatic hydroxyl groups is 1. The summed E-state index contributed by atoms with van der Waals surface area (Å²) in [6, 6.07) is 7.62. The van der Waals surface area contributed by atoms with Crippen molar-refractivity contribution in [2.24, 2.45) is 7.05 Å². The molecule has 0 fully saturated rings. The van der Waals surface area contributed by atoms with Crippen molar-refractivity contribution >= 4 is 29.1 Å². The van der Waals surface area contributed by atoms with E-state index in [2.05, 4.69) is 5.32 Å². The number of aromatic nitrogens is 1. The first kappa shape index (κ1) is 16.5. The van der Waals surface area contributed by atoms with Crippen LogP contribution in [0, 0.1) is 0 Å². The molecule has 22 heavy (non-hydrogen) atoms. The van der Waals surface area contributed by atoms with E-state index in [4.69, 9.17) is 23.2 Å². The molecule has 1 atom stereocenters. The number of rotatable bonds is 4. The van der Waals surface area contributed by atoms with E-state index in [0.29, 0.717) is 21.2 Å². The molecule has 1 amide bonds. The lowest BCUT2D eigenvalue weighted by Gasteiger charge is -2.15. The monoisotopic (exact) mass is 340 g/mol. The average Bonchev–Trinajstić information content (AvgIpc) is 2.47. The molecule has 0 aliphatic heterocycles.